The van der Waals surface area contributed by atoms with Crippen LogP contribution in [0.25, 0.3) is 10.8 Å². The zero-order chi connectivity index (χ0) is 17.8. The Kier molecular flexibility index (Phi) is 5.03. The lowest BCUT2D eigenvalue weighted by molar-refractivity contribution is -0.122. The van der Waals surface area contributed by atoms with Crippen LogP contribution in [0.4, 0.5) is 5.69 Å². The molecule has 1 N–H and O–H groups in total. The van der Waals surface area contributed by atoms with Gasteiger partial charge < -0.3 is 10.1 Å². The highest BCUT2D eigenvalue weighted by Crippen LogP contribution is 2.27. The Hall–Kier alpha value is -2.81. The normalized spacial score (nSPS) is 12.0. The van der Waals surface area contributed by atoms with Crippen LogP contribution in [-0.4, -0.2) is 12.0 Å². The SMILES string of the molecule is CCc1cccc(C)c1NC(=O)[C@@H](C)Oc1cccc2ccccc12. The lowest BCUT2D eigenvalue weighted by Gasteiger charge is -2.18. The van der Waals surface area contributed by atoms with Gasteiger partial charge >= 0.3 is 0 Å². The molecule has 0 aliphatic carbocycles. The maximum Gasteiger partial charge on any atom is 0.265 e. The molecule has 0 saturated heterocycles. The Labute approximate surface area is 148 Å². The van der Waals surface area contributed by atoms with Crippen LogP contribution in [-0.2, 0) is 11.2 Å². The number of amides is 1. The first-order valence-corrected chi connectivity index (χ1v) is 8.64. The summed E-state index contributed by atoms with van der Waals surface area (Å²) in [6.07, 6.45) is 0.283. The first kappa shape index (κ1) is 17.0. The Balaban J connectivity index is 1.79. The molecule has 1 atom stereocenters. The number of para-hydroxylation sites is 1. The van der Waals surface area contributed by atoms with E-state index in [0.29, 0.717) is 0 Å². The fourth-order valence-electron chi connectivity index (χ4n) is 2.97. The van der Waals surface area contributed by atoms with Gasteiger partial charge in [-0.25, -0.2) is 0 Å². The van der Waals surface area contributed by atoms with Crippen LogP contribution in [0.1, 0.15) is 25.0 Å². The summed E-state index contributed by atoms with van der Waals surface area (Å²) in [5.74, 6) is 0.582. The van der Waals surface area contributed by atoms with Gasteiger partial charge in [0, 0.05) is 11.1 Å². The van der Waals surface area contributed by atoms with Crippen molar-refractivity contribution in [2.24, 2.45) is 0 Å². The number of aryl methyl sites for hydroxylation is 2. The van der Waals surface area contributed by atoms with Gasteiger partial charge in [-0.1, -0.05) is 61.5 Å². The second kappa shape index (κ2) is 7.39. The summed E-state index contributed by atoms with van der Waals surface area (Å²) >= 11 is 0. The number of carbonyl (C=O) groups excluding carboxylic acids is 1. The first-order chi connectivity index (χ1) is 12.1. The van der Waals surface area contributed by atoms with Gasteiger partial charge in [0.1, 0.15) is 5.75 Å². The molecule has 0 radical (unpaired) electrons. The summed E-state index contributed by atoms with van der Waals surface area (Å²) in [5, 5.41) is 5.14. The molecule has 0 saturated carbocycles. The van der Waals surface area contributed by atoms with Crippen molar-refractivity contribution in [3.05, 3.63) is 71.8 Å². The number of hydrogen-bond acceptors (Lipinski definition) is 2. The largest absolute Gasteiger partial charge is 0.480 e. The number of rotatable bonds is 5. The molecule has 0 unspecified atom stereocenters. The number of hydrogen-bond donors (Lipinski definition) is 1. The van der Waals surface area contributed by atoms with E-state index in [4.69, 9.17) is 4.74 Å². The second-order valence-electron chi connectivity index (χ2n) is 6.19. The van der Waals surface area contributed by atoms with Crippen molar-refractivity contribution in [3.8, 4) is 5.75 Å². The van der Waals surface area contributed by atoms with Crippen LogP contribution in [0.15, 0.2) is 60.7 Å². The molecule has 3 nitrogen and oxygen atoms in total. The summed E-state index contributed by atoms with van der Waals surface area (Å²) in [6, 6.07) is 19.9. The maximum atomic E-state index is 12.6. The molecule has 25 heavy (non-hydrogen) atoms. The second-order valence-corrected chi connectivity index (χ2v) is 6.19. The fraction of sp³-hybridized carbons (Fsp3) is 0.227. The van der Waals surface area contributed by atoms with E-state index < -0.39 is 6.10 Å². The van der Waals surface area contributed by atoms with Crippen molar-refractivity contribution in [2.45, 2.75) is 33.3 Å². The fourth-order valence-corrected chi connectivity index (χ4v) is 2.97. The van der Waals surface area contributed by atoms with Gasteiger partial charge in [0.2, 0.25) is 0 Å². The van der Waals surface area contributed by atoms with E-state index in [1.165, 1.54) is 0 Å². The summed E-state index contributed by atoms with van der Waals surface area (Å²) in [4.78, 5) is 12.6. The van der Waals surface area contributed by atoms with E-state index in [-0.39, 0.29) is 5.91 Å². The van der Waals surface area contributed by atoms with E-state index in [0.717, 1.165) is 39.8 Å². The van der Waals surface area contributed by atoms with E-state index in [9.17, 15) is 4.79 Å². The summed E-state index contributed by atoms with van der Waals surface area (Å²) in [7, 11) is 0. The molecular weight excluding hydrogens is 310 g/mol. The molecule has 0 aliphatic heterocycles. The predicted octanol–water partition coefficient (Wildman–Crippen LogP) is 5.12. The molecule has 0 heterocycles. The van der Waals surface area contributed by atoms with Crippen molar-refractivity contribution >= 4 is 22.4 Å². The van der Waals surface area contributed by atoms with Crippen LogP contribution >= 0.6 is 0 Å². The Morgan fingerprint density at radius 1 is 1.04 bits per heavy atom. The van der Waals surface area contributed by atoms with Crippen LogP contribution in [0.2, 0.25) is 0 Å². The van der Waals surface area contributed by atoms with E-state index in [1.807, 2.05) is 67.6 Å². The molecule has 128 valence electrons. The third-order valence-corrected chi connectivity index (χ3v) is 4.41. The highest BCUT2D eigenvalue weighted by atomic mass is 16.5. The number of fused-ring (bicyclic) bond motifs is 1. The van der Waals surface area contributed by atoms with Crippen LogP contribution in [0.5, 0.6) is 5.75 Å². The van der Waals surface area contributed by atoms with Gasteiger partial charge in [-0.15, -0.1) is 0 Å². The first-order valence-electron chi connectivity index (χ1n) is 8.64. The third-order valence-electron chi connectivity index (χ3n) is 4.41. The summed E-state index contributed by atoms with van der Waals surface area (Å²) < 4.78 is 5.96. The quantitative estimate of drug-likeness (QED) is 0.704. The molecule has 0 fully saturated rings. The van der Waals surface area contributed by atoms with Gasteiger partial charge in [-0.2, -0.15) is 0 Å². The number of carbonyl (C=O) groups is 1. The minimum absolute atomic E-state index is 0.142. The van der Waals surface area contributed by atoms with Gasteiger partial charge in [-0.05, 0) is 42.8 Å². The number of anilines is 1. The predicted molar refractivity (Wildman–Crippen MR) is 103 cm³/mol. The topological polar surface area (TPSA) is 38.3 Å². The summed E-state index contributed by atoms with van der Waals surface area (Å²) in [6.45, 7) is 5.87. The van der Waals surface area contributed by atoms with Crippen LogP contribution in [0.3, 0.4) is 0 Å². The zero-order valence-electron chi connectivity index (χ0n) is 14.9. The summed E-state index contributed by atoms with van der Waals surface area (Å²) in [5.41, 5.74) is 3.08. The van der Waals surface area contributed by atoms with Crippen molar-refractivity contribution in [1.82, 2.24) is 0 Å². The monoisotopic (exact) mass is 333 g/mol. The zero-order valence-corrected chi connectivity index (χ0v) is 14.9. The maximum absolute atomic E-state index is 12.6. The molecule has 3 aromatic rings. The van der Waals surface area contributed by atoms with Crippen molar-refractivity contribution < 1.29 is 9.53 Å². The Morgan fingerprint density at radius 2 is 1.76 bits per heavy atom. The van der Waals surface area contributed by atoms with Crippen LogP contribution < -0.4 is 10.1 Å². The molecular formula is C22H23NO2. The molecule has 3 aromatic carbocycles. The number of benzene rings is 3. The molecule has 0 bridgehead atoms. The molecule has 3 heteroatoms. The lowest BCUT2D eigenvalue weighted by atomic mass is 10.1. The van der Waals surface area contributed by atoms with E-state index in [2.05, 4.69) is 12.2 Å². The average Bonchev–Trinajstić information content (AvgIpc) is 2.63. The third kappa shape index (κ3) is 3.66. The van der Waals surface area contributed by atoms with Gasteiger partial charge in [0.25, 0.3) is 5.91 Å². The van der Waals surface area contributed by atoms with Gasteiger partial charge in [0.15, 0.2) is 6.10 Å². The van der Waals surface area contributed by atoms with Gasteiger partial charge in [0.05, 0.1) is 0 Å². The minimum atomic E-state index is -0.588. The van der Waals surface area contributed by atoms with Gasteiger partial charge in [-0.3, -0.25) is 4.79 Å². The Morgan fingerprint density at radius 3 is 2.56 bits per heavy atom. The van der Waals surface area contributed by atoms with Crippen LogP contribution in [0, 0.1) is 6.92 Å². The Bertz CT molecular complexity index is 896. The highest BCUT2D eigenvalue weighted by molar-refractivity contribution is 5.96. The standard InChI is InChI=1S/C22H23NO2/c1-4-17-11-7-9-15(2)21(17)23-22(24)16(3)25-20-14-8-12-18-10-5-6-13-19(18)20/h5-14,16H,4H2,1-3H3,(H,23,24)/t16-/m1/s1. The molecule has 1 amide bonds. The smallest absolute Gasteiger partial charge is 0.265 e. The highest BCUT2D eigenvalue weighted by Gasteiger charge is 2.18. The van der Waals surface area contributed by atoms with E-state index >= 15 is 0 Å². The van der Waals surface area contributed by atoms with Crippen molar-refractivity contribution in [2.75, 3.05) is 5.32 Å². The molecule has 3 rings (SSSR count). The average molecular weight is 333 g/mol. The molecule has 0 aromatic heterocycles. The number of nitrogens with one attached hydrogen (secondary N) is 1. The van der Waals surface area contributed by atoms with Crippen molar-refractivity contribution in [3.63, 3.8) is 0 Å². The number of ether oxygens (including phenoxy) is 1. The molecule has 0 aliphatic rings. The minimum Gasteiger partial charge on any atom is -0.480 e. The lowest BCUT2D eigenvalue weighted by Crippen LogP contribution is -2.30. The molecule has 0 spiro atoms. The van der Waals surface area contributed by atoms with E-state index in [1.54, 1.807) is 6.92 Å². The van der Waals surface area contributed by atoms with Crippen molar-refractivity contribution in [1.29, 1.82) is 0 Å².